The van der Waals surface area contributed by atoms with Crippen molar-refractivity contribution in [1.82, 2.24) is 4.98 Å². The number of pyridine rings is 1. The van der Waals surface area contributed by atoms with Crippen LogP contribution in [0.25, 0.3) is 22.3 Å². The Kier molecular flexibility index (Phi) is 5.42. The van der Waals surface area contributed by atoms with Gasteiger partial charge in [-0.25, -0.2) is 0 Å². The molecule has 3 nitrogen and oxygen atoms in total. The van der Waals surface area contributed by atoms with E-state index >= 15 is 0 Å². The van der Waals surface area contributed by atoms with Crippen LogP contribution in [0.4, 0.5) is 26.3 Å². The molecule has 0 fully saturated rings. The van der Waals surface area contributed by atoms with Gasteiger partial charge in [-0.2, -0.15) is 26.3 Å². The number of benzene rings is 2. The average Bonchev–Trinajstić information content (AvgIpc) is 2.66. The predicted molar refractivity (Wildman–Crippen MR) is 94.9 cm³/mol. The fourth-order valence-electron chi connectivity index (χ4n) is 2.89. The number of rotatable bonds is 3. The van der Waals surface area contributed by atoms with Crippen LogP contribution in [-0.2, 0) is 12.4 Å². The van der Waals surface area contributed by atoms with E-state index in [0.717, 1.165) is 24.3 Å². The Morgan fingerprint density at radius 2 is 1.28 bits per heavy atom. The lowest BCUT2D eigenvalue weighted by Crippen LogP contribution is -2.32. The SMILES string of the molecule is OB(O)c1ccc(C(F)(F)F)cc1-c1cnccc1-c1ccc(C(F)(F)F)cc1. The summed E-state index contributed by atoms with van der Waals surface area (Å²) in [5.41, 5.74) is -1.53. The zero-order chi connectivity index (χ0) is 21.4. The summed E-state index contributed by atoms with van der Waals surface area (Å²) in [4.78, 5) is 3.87. The molecule has 3 rings (SSSR count). The Hall–Kier alpha value is -2.85. The molecule has 29 heavy (non-hydrogen) atoms. The molecule has 0 aliphatic rings. The highest BCUT2D eigenvalue weighted by molar-refractivity contribution is 6.60. The van der Waals surface area contributed by atoms with Gasteiger partial charge >= 0.3 is 19.5 Å². The third kappa shape index (κ3) is 4.43. The van der Waals surface area contributed by atoms with Gasteiger partial charge in [0.15, 0.2) is 0 Å². The summed E-state index contributed by atoms with van der Waals surface area (Å²) in [5, 5.41) is 19.2. The van der Waals surface area contributed by atoms with Crippen LogP contribution in [-0.4, -0.2) is 22.2 Å². The lowest BCUT2D eigenvalue weighted by molar-refractivity contribution is -0.138. The number of nitrogens with zero attached hydrogens (tertiary/aromatic N) is 1. The highest BCUT2D eigenvalue weighted by atomic mass is 19.4. The first-order valence-electron chi connectivity index (χ1n) is 8.18. The first-order valence-corrected chi connectivity index (χ1v) is 8.18. The summed E-state index contributed by atoms with van der Waals surface area (Å²) < 4.78 is 77.8. The van der Waals surface area contributed by atoms with Crippen molar-refractivity contribution < 1.29 is 36.4 Å². The molecule has 0 aliphatic carbocycles. The van der Waals surface area contributed by atoms with Crippen molar-refractivity contribution in [3.8, 4) is 22.3 Å². The topological polar surface area (TPSA) is 53.4 Å². The quantitative estimate of drug-likeness (QED) is 0.504. The van der Waals surface area contributed by atoms with Crippen LogP contribution < -0.4 is 5.46 Å². The molecule has 0 aliphatic heterocycles. The van der Waals surface area contributed by atoms with Gasteiger partial charge in [0.05, 0.1) is 11.1 Å². The van der Waals surface area contributed by atoms with E-state index in [-0.39, 0.29) is 22.2 Å². The molecule has 3 aromatic rings. The smallest absolute Gasteiger partial charge is 0.423 e. The van der Waals surface area contributed by atoms with Crippen LogP contribution in [0.15, 0.2) is 60.9 Å². The molecule has 0 unspecified atom stereocenters. The zero-order valence-electron chi connectivity index (χ0n) is 14.5. The van der Waals surface area contributed by atoms with Gasteiger partial charge in [0.1, 0.15) is 0 Å². The number of halogens is 6. The molecule has 10 heteroatoms. The van der Waals surface area contributed by atoms with E-state index in [0.29, 0.717) is 11.6 Å². The molecule has 0 amide bonds. The van der Waals surface area contributed by atoms with Crippen LogP contribution in [0.1, 0.15) is 11.1 Å². The molecule has 0 saturated carbocycles. The third-order valence-electron chi connectivity index (χ3n) is 4.29. The van der Waals surface area contributed by atoms with Crippen molar-refractivity contribution in [2.24, 2.45) is 0 Å². The van der Waals surface area contributed by atoms with E-state index in [2.05, 4.69) is 4.98 Å². The molecule has 0 bridgehead atoms. The van der Waals surface area contributed by atoms with E-state index in [4.69, 9.17) is 0 Å². The van der Waals surface area contributed by atoms with Gasteiger partial charge in [-0.1, -0.05) is 24.3 Å². The minimum Gasteiger partial charge on any atom is -0.423 e. The monoisotopic (exact) mass is 411 g/mol. The standard InChI is InChI=1S/C19H12BF6NO2/c21-18(22,23)12-3-1-11(2-4-12)14-7-8-27-10-16(14)15-9-13(19(24,25)26)5-6-17(15)20(28)29/h1-10,28-29H. The first-order chi connectivity index (χ1) is 13.5. The van der Waals surface area contributed by atoms with Gasteiger partial charge in [0.25, 0.3) is 0 Å². The molecule has 0 atom stereocenters. The molecular formula is C19H12BF6NO2. The zero-order valence-corrected chi connectivity index (χ0v) is 14.5. The molecule has 1 aromatic heterocycles. The van der Waals surface area contributed by atoms with E-state index in [9.17, 15) is 36.4 Å². The third-order valence-corrected chi connectivity index (χ3v) is 4.29. The van der Waals surface area contributed by atoms with E-state index < -0.39 is 30.6 Å². The number of hydrogen-bond acceptors (Lipinski definition) is 3. The van der Waals surface area contributed by atoms with Crippen molar-refractivity contribution in [2.75, 3.05) is 0 Å². The highest BCUT2D eigenvalue weighted by Gasteiger charge is 2.33. The van der Waals surface area contributed by atoms with Crippen LogP contribution >= 0.6 is 0 Å². The number of alkyl halides is 6. The Labute approximate surface area is 161 Å². The Balaban J connectivity index is 2.19. The van der Waals surface area contributed by atoms with E-state index in [1.807, 2.05) is 0 Å². The lowest BCUT2D eigenvalue weighted by Gasteiger charge is -2.16. The second-order valence-corrected chi connectivity index (χ2v) is 6.17. The fraction of sp³-hybridized carbons (Fsp3) is 0.105. The molecular weight excluding hydrogens is 399 g/mol. The van der Waals surface area contributed by atoms with Gasteiger partial charge in [-0.3, -0.25) is 4.98 Å². The molecule has 2 N–H and O–H groups in total. The van der Waals surface area contributed by atoms with Gasteiger partial charge in [-0.15, -0.1) is 0 Å². The largest absolute Gasteiger partial charge is 0.489 e. The van der Waals surface area contributed by atoms with E-state index in [1.54, 1.807) is 0 Å². The minimum atomic E-state index is -4.68. The molecule has 1 heterocycles. The second kappa shape index (κ2) is 7.53. The van der Waals surface area contributed by atoms with Crippen LogP contribution in [0, 0.1) is 0 Å². The molecule has 0 radical (unpaired) electrons. The van der Waals surface area contributed by atoms with Gasteiger partial charge in [0, 0.05) is 18.0 Å². The van der Waals surface area contributed by atoms with Gasteiger partial charge < -0.3 is 10.0 Å². The summed E-state index contributed by atoms with van der Waals surface area (Å²) in [7, 11) is -2.06. The summed E-state index contributed by atoms with van der Waals surface area (Å²) in [5.74, 6) is 0. The van der Waals surface area contributed by atoms with Gasteiger partial charge in [0.2, 0.25) is 0 Å². The Bertz CT molecular complexity index is 1020. The normalized spacial score (nSPS) is 12.1. The summed E-state index contributed by atoms with van der Waals surface area (Å²) in [6, 6.07) is 7.90. The summed E-state index contributed by atoms with van der Waals surface area (Å²) in [6.45, 7) is 0. The average molecular weight is 411 g/mol. The molecule has 0 spiro atoms. The van der Waals surface area contributed by atoms with E-state index in [1.165, 1.54) is 30.6 Å². The summed E-state index contributed by atoms with van der Waals surface area (Å²) >= 11 is 0. The molecule has 2 aromatic carbocycles. The maximum absolute atomic E-state index is 13.1. The van der Waals surface area contributed by atoms with Crippen molar-refractivity contribution >= 4 is 12.6 Å². The number of aromatic nitrogens is 1. The van der Waals surface area contributed by atoms with Crippen LogP contribution in [0.5, 0.6) is 0 Å². The van der Waals surface area contributed by atoms with Crippen LogP contribution in [0.3, 0.4) is 0 Å². The molecule has 150 valence electrons. The Morgan fingerprint density at radius 1 is 0.690 bits per heavy atom. The fourth-order valence-corrected chi connectivity index (χ4v) is 2.89. The first kappa shape index (κ1) is 20.9. The Morgan fingerprint density at radius 3 is 1.83 bits per heavy atom. The second-order valence-electron chi connectivity index (χ2n) is 6.17. The van der Waals surface area contributed by atoms with Crippen molar-refractivity contribution in [3.63, 3.8) is 0 Å². The van der Waals surface area contributed by atoms with Crippen LogP contribution in [0.2, 0.25) is 0 Å². The molecule has 0 saturated heterocycles. The number of hydrogen-bond donors (Lipinski definition) is 2. The lowest BCUT2D eigenvalue weighted by atomic mass is 9.74. The maximum Gasteiger partial charge on any atom is 0.489 e. The minimum absolute atomic E-state index is 0.112. The van der Waals surface area contributed by atoms with Crippen molar-refractivity contribution in [2.45, 2.75) is 12.4 Å². The maximum atomic E-state index is 13.1. The predicted octanol–water partition coefficient (Wildman–Crippen LogP) is 4.13. The van der Waals surface area contributed by atoms with Gasteiger partial charge in [-0.05, 0) is 46.4 Å². The highest BCUT2D eigenvalue weighted by Crippen LogP contribution is 2.36. The summed E-state index contributed by atoms with van der Waals surface area (Å²) in [6.07, 6.45) is -6.66. The van der Waals surface area contributed by atoms with Crippen molar-refractivity contribution in [1.29, 1.82) is 0 Å². The van der Waals surface area contributed by atoms with Crippen molar-refractivity contribution in [3.05, 3.63) is 72.1 Å².